The van der Waals surface area contributed by atoms with Gasteiger partial charge in [0, 0.05) is 30.9 Å². The number of hydrogen-bond donors (Lipinski definition) is 1. The van der Waals surface area contributed by atoms with E-state index in [4.69, 9.17) is 4.74 Å². The molecule has 0 atom stereocenters. The van der Waals surface area contributed by atoms with Crippen LogP contribution in [-0.2, 0) is 11.3 Å². The Morgan fingerprint density at radius 2 is 2.21 bits per heavy atom. The fourth-order valence-electron chi connectivity index (χ4n) is 1.80. The average Bonchev–Trinajstić information content (AvgIpc) is 2.81. The Hall–Kier alpha value is -1.17. The van der Waals surface area contributed by atoms with Crippen molar-refractivity contribution >= 4 is 15.9 Å². The molecule has 1 heterocycles. The number of aryl methyl sites for hydroxylation is 1. The van der Waals surface area contributed by atoms with Gasteiger partial charge in [0.2, 0.25) is 0 Å². The number of methoxy groups -OCH3 is 1. The van der Waals surface area contributed by atoms with Crippen LogP contribution in [0.4, 0.5) is 0 Å². The smallest absolute Gasteiger partial charge is 0.0787 e. The summed E-state index contributed by atoms with van der Waals surface area (Å²) in [4.78, 5) is 0. The molecule has 0 aliphatic rings. The molecule has 2 rings (SSSR count). The van der Waals surface area contributed by atoms with E-state index in [2.05, 4.69) is 44.5 Å². The summed E-state index contributed by atoms with van der Waals surface area (Å²) in [6.45, 7) is 4.40. The van der Waals surface area contributed by atoms with Crippen molar-refractivity contribution in [2.45, 2.75) is 13.5 Å². The van der Waals surface area contributed by atoms with E-state index in [1.807, 2.05) is 23.9 Å². The van der Waals surface area contributed by atoms with Crippen molar-refractivity contribution in [3.05, 3.63) is 46.2 Å². The summed E-state index contributed by atoms with van der Waals surface area (Å²) in [7, 11) is 1.71. The molecule has 0 bridgehead atoms. The van der Waals surface area contributed by atoms with Gasteiger partial charge in [-0.25, -0.2) is 4.68 Å². The molecule has 1 aromatic heterocycles. The van der Waals surface area contributed by atoms with Gasteiger partial charge in [0.15, 0.2) is 0 Å². The van der Waals surface area contributed by atoms with Crippen LogP contribution in [0.5, 0.6) is 0 Å². The van der Waals surface area contributed by atoms with Gasteiger partial charge in [-0.3, -0.25) is 0 Å². The topological polar surface area (TPSA) is 39.1 Å². The third kappa shape index (κ3) is 3.89. The number of hydrogen-bond acceptors (Lipinski definition) is 3. The second-order valence-electron chi connectivity index (χ2n) is 4.36. The zero-order valence-corrected chi connectivity index (χ0v) is 12.8. The van der Waals surface area contributed by atoms with Crippen molar-refractivity contribution in [1.29, 1.82) is 0 Å². The minimum Gasteiger partial charge on any atom is -0.383 e. The van der Waals surface area contributed by atoms with Gasteiger partial charge in [0.1, 0.15) is 0 Å². The summed E-state index contributed by atoms with van der Waals surface area (Å²) in [5, 5.41) is 7.74. The maximum atomic E-state index is 5.00. The van der Waals surface area contributed by atoms with Gasteiger partial charge in [-0.05, 0) is 46.6 Å². The van der Waals surface area contributed by atoms with E-state index in [-0.39, 0.29) is 0 Å². The lowest BCUT2D eigenvalue weighted by Gasteiger charge is -2.08. The van der Waals surface area contributed by atoms with E-state index in [1.165, 1.54) is 5.56 Å². The Kier molecular flexibility index (Phi) is 5.13. The summed E-state index contributed by atoms with van der Waals surface area (Å²) < 4.78 is 7.92. The predicted octanol–water partition coefficient (Wildman–Crippen LogP) is 2.68. The highest BCUT2D eigenvalue weighted by Gasteiger charge is 2.04. The minimum absolute atomic E-state index is 0.728. The lowest BCUT2D eigenvalue weighted by molar-refractivity contribution is 0.199. The highest BCUT2D eigenvalue weighted by atomic mass is 79.9. The number of nitrogens with zero attached hydrogens (tertiary/aromatic N) is 2. The van der Waals surface area contributed by atoms with Gasteiger partial charge in [-0.15, -0.1) is 0 Å². The summed E-state index contributed by atoms with van der Waals surface area (Å²) >= 11 is 3.60. The van der Waals surface area contributed by atoms with Crippen molar-refractivity contribution in [2.24, 2.45) is 0 Å². The SMILES string of the molecule is COCCNCc1ccc(-n2ccc(C)n2)c(Br)c1. The standard InChI is InChI=1S/C14H18BrN3O/c1-11-5-7-18(17-11)14-4-3-12(9-13(14)15)10-16-6-8-19-2/h3-5,7,9,16H,6,8,10H2,1-2H3. The van der Waals surface area contributed by atoms with E-state index < -0.39 is 0 Å². The molecule has 19 heavy (non-hydrogen) atoms. The monoisotopic (exact) mass is 323 g/mol. The van der Waals surface area contributed by atoms with E-state index >= 15 is 0 Å². The van der Waals surface area contributed by atoms with Gasteiger partial charge < -0.3 is 10.1 Å². The van der Waals surface area contributed by atoms with Crippen molar-refractivity contribution in [3.63, 3.8) is 0 Å². The molecule has 0 radical (unpaired) electrons. The number of ether oxygens (including phenoxy) is 1. The Morgan fingerprint density at radius 1 is 1.37 bits per heavy atom. The molecule has 4 nitrogen and oxygen atoms in total. The molecule has 0 aliphatic carbocycles. The average molecular weight is 324 g/mol. The zero-order chi connectivity index (χ0) is 13.7. The molecule has 0 unspecified atom stereocenters. The fourth-order valence-corrected chi connectivity index (χ4v) is 2.41. The van der Waals surface area contributed by atoms with Crippen LogP contribution < -0.4 is 5.32 Å². The normalized spacial score (nSPS) is 10.9. The highest BCUT2D eigenvalue weighted by molar-refractivity contribution is 9.10. The molecule has 1 aromatic carbocycles. The van der Waals surface area contributed by atoms with Crippen LogP contribution in [0.1, 0.15) is 11.3 Å². The van der Waals surface area contributed by atoms with Crippen molar-refractivity contribution in [2.75, 3.05) is 20.3 Å². The third-order valence-electron chi connectivity index (χ3n) is 2.79. The van der Waals surface area contributed by atoms with Gasteiger partial charge in [0.05, 0.1) is 18.0 Å². The number of rotatable bonds is 6. The van der Waals surface area contributed by atoms with Crippen molar-refractivity contribution < 1.29 is 4.74 Å². The first-order valence-corrected chi connectivity index (χ1v) is 7.01. The van der Waals surface area contributed by atoms with Crippen LogP contribution in [0.2, 0.25) is 0 Å². The molecule has 2 aromatic rings. The molecule has 0 spiro atoms. The van der Waals surface area contributed by atoms with E-state index in [0.29, 0.717) is 0 Å². The second kappa shape index (κ2) is 6.84. The summed E-state index contributed by atoms with van der Waals surface area (Å²) in [5.74, 6) is 0. The van der Waals surface area contributed by atoms with Crippen molar-refractivity contribution in [3.8, 4) is 5.69 Å². The van der Waals surface area contributed by atoms with Crippen molar-refractivity contribution in [1.82, 2.24) is 15.1 Å². The number of halogens is 1. The highest BCUT2D eigenvalue weighted by Crippen LogP contribution is 2.22. The molecule has 0 fully saturated rings. The molecule has 0 amide bonds. The van der Waals surface area contributed by atoms with Gasteiger partial charge in [0.25, 0.3) is 0 Å². The number of nitrogens with one attached hydrogen (secondary N) is 1. The molecule has 1 N–H and O–H groups in total. The van der Waals surface area contributed by atoms with Crippen LogP contribution in [0.15, 0.2) is 34.9 Å². The van der Waals surface area contributed by atoms with E-state index in [1.54, 1.807) is 7.11 Å². The van der Waals surface area contributed by atoms with Crippen LogP contribution in [0.3, 0.4) is 0 Å². The van der Waals surface area contributed by atoms with Crippen LogP contribution in [-0.4, -0.2) is 30.0 Å². The lowest BCUT2D eigenvalue weighted by Crippen LogP contribution is -2.18. The molecule has 102 valence electrons. The first-order chi connectivity index (χ1) is 9.20. The first kappa shape index (κ1) is 14.2. The lowest BCUT2D eigenvalue weighted by atomic mass is 10.2. The molecule has 5 heteroatoms. The Balaban J connectivity index is 2.05. The summed E-state index contributed by atoms with van der Waals surface area (Å²) in [6.07, 6.45) is 1.96. The van der Waals surface area contributed by atoms with Gasteiger partial charge >= 0.3 is 0 Å². The largest absolute Gasteiger partial charge is 0.383 e. The van der Waals surface area contributed by atoms with Gasteiger partial charge in [-0.1, -0.05) is 6.07 Å². The zero-order valence-electron chi connectivity index (χ0n) is 11.2. The van der Waals surface area contributed by atoms with E-state index in [0.717, 1.165) is 35.6 Å². The summed E-state index contributed by atoms with van der Waals surface area (Å²) in [5.41, 5.74) is 3.29. The molecule has 0 saturated carbocycles. The Bertz CT molecular complexity index is 539. The Morgan fingerprint density at radius 3 is 2.84 bits per heavy atom. The Labute approximate surface area is 121 Å². The molecule has 0 aliphatic heterocycles. The molecule has 0 saturated heterocycles. The second-order valence-corrected chi connectivity index (χ2v) is 5.21. The first-order valence-electron chi connectivity index (χ1n) is 6.21. The summed E-state index contributed by atoms with van der Waals surface area (Å²) in [6, 6.07) is 8.29. The minimum atomic E-state index is 0.728. The maximum Gasteiger partial charge on any atom is 0.0787 e. The van der Waals surface area contributed by atoms with Gasteiger partial charge in [-0.2, -0.15) is 5.10 Å². The molecular formula is C14H18BrN3O. The maximum absolute atomic E-state index is 5.00. The van der Waals surface area contributed by atoms with Crippen LogP contribution in [0.25, 0.3) is 5.69 Å². The van der Waals surface area contributed by atoms with E-state index in [9.17, 15) is 0 Å². The number of aromatic nitrogens is 2. The van der Waals surface area contributed by atoms with Crippen LogP contribution >= 0.6 is 15.9 Å². The number of benzene rings is 1. The quantitative estimate of drug-likeness (QED) is 0.831. The third-order valence-corrected chi connectivity index (χ3v) is 3.43. The fraction of sp³-hybridized carbons (Fsp3) is 0.357. The predicted molar refractivity (Wildman–Crippen MR) is 79.6 cm³/mol. The van der Waals surface area contributed by atoms with Crippen LogP contribution in [0, 0.1) is 6.92 Å². The molecular weight excluding hydrogens is 306 g/mol.